The third-order valence-electron chi connectivity index (χ3n) is 6.65. The van der Waals surface area contributed by atoms with Gasteiger partial charge in [-0.3, -0.25) is 4.79 Å². The summed E-state index contributed by atoms with van der Waals surface area (Å²) in [6.07, 6.45) is 5.32. The summed E-state index contributed by atoms with van der Waals surface area (Å²) in [6.45, 7) is 8.59. The number of rotatable bonds is 4. The second kappa shape index (κ2) is 8.04. The highest BCUT2D eigenvalue weighted by molar-refractivity contribution is 5.97. The fourth-order valence-corrected chi connectivity index (χ4v) is 4.74. The van der Waals surface area contributed by atoms with Crippen LogP contribution in [0.1, 0.15) is 63.5 Å². The molecular weight excluding hydrogens is 404 g/mol. The molecule has 0 fully saturated rings. The van der Waals surface area contributed by atoms with Crippen LogP contribution < -0.4 is 4.74 Å². The molecule has 0 bridgehead atoms. The van der Waals surface area contributed by atoms with E-state index in [1.165, 1.54) is 16.7 Å². The molecule has 0 unspecified atom stereocenters. The Bertz CT molecular complexity index is 1330. The highest BCUT2D eigenvalue weighted by Crippen LogP contribution is 2.47. The Kier molecular flexibility index (Phi) is 5.17. The van der Waals surface area contributed by atoms with E-state index in [1.807, 2.05) is 18.2 Å². The zero-order valence-corrected chi connectivity index (χ0v) is 19.6. The first-order valence-electron chi connectivity index (χ1n) is 11.5. The minimum absolute atomic E-state index is 0.322. The van der Waals surface area contributed by atoms with Gasteiger partial charge in [-0.2, -0.15) is 0 Å². The lowest BCUT2D eigenvalue weighted by molar-refractivity contribution is 0.112. The summed E-state index contributed by atoms with van der Waals surface area (Å²) in [6, 6.07) is 25.2. The van der Waals surface area contributed by atoms with Crippen LogP contribution >= 0.6 is 0 Å². The van der Waals surface area contributed by atoms with Gasteiger partial charge in [0.1, 0.15) is 12.0 Å². The van der Waals surface area contributed by atoms with Gasteiger partial charge in [0.2, 0.25) is 0 Å². The van der Waals surface area contributed by atoms with Crippen LogP contribution in [-0.4, -0.2) is 6.29 Å². The fraction of sp³-hybridized carbons (Fsp3) is 0.194. The summed E-state index contributed by atoms with van der Waals surface area (Å²) in [5, 5.41) is 2.05. The molecule has 0 saturated carbocycles. The number of hydrogen-bond acceptors (Lipinski definition) is 2. The lowest BCUT2D eigenvalue weighted by Gasteiger charge is -2.37. The van der Waals surface area contributed by atoms with Gasteiger partial charge in [0.15, 0.2) is 5.60 Å². The Morgan fingerprint density at radius 2 is 1.42 bits per heavy atom. The summed E-state index contributed by atoms with van der Waals surface area (Å²) >= 11 is 0. The molecule has 0 aromatic heterocycles. The number of carbonyl (C=O) groups is 1. The molecule has 0 N–H and O–H groups in total. The molecule has 0 aliphatic carbocycles. The summed E-state index contributed by atoms with van der Waals surface area (Å²) in [5.74, 6) is 1.19. The second-order valence-corrected chi connectivity index (χ2v) is 9.36. The Balaban J connectivity index is 1.80. The van der Waals surface area contributed by atoms with E-state index in [1.54, 1.807) is 0 Å². The SMILES string of the molecule is Cc1ccc(C2(c3ccc(C)cc3)C=Cc3c(C(C)C)cc4cc(C=O)ccc4c3O2)cc1. The molecule has 164 valence electrons. The fourth-order valence-electron chi connectivity index (χ4n) is 4.74. The Morgan fingerprint density at radius 1 is 0.818 bits per heavy atom. The molecular formula is C31H28O2. The number of fused-ring (bicyclic) bond motifs is 3. The highest BCUT2D eigenvalue weighted by atomic mass is 16.5. The molecule has 33 heavy (non-hydrogen) atoms. The Labute approximate surface area is 195 Å². The molecule has 0 amide bonds. The minimum atomic E-state index is -0.736. The molecule has 0 atom stereocenters. The van der Waals surface area contributed by atoms with Gasteiger partial charge < -0.3 is 4.74 Å². The predicted octanol–water partition coefficient (Wildman–Crippen LogP) is 7.74. The highest BCUT2D eigenvalue weighted by Gasteiger charge is 2.38. The van der Waals surface area contributed by atoms with Gasteiger partial charge >= 0.3 is 0 Å². The van der Waals surface area contributed by atoms with E-state index >= 15 is 0 Å². The van der Waals surface area contributed by atoms with Crippen LogP contribution in [-0.2, 0) is 5.60 Å². The molecule has 2 heteroatoms. The standard InChI is InChI=1S/C31H28O2/c1-20(2)29-18-24-17-23(19-32)9-14-27(24)30-28(29)15-16-31(33-30,25-10-5-21(3)6-11-25)26-12-7-22(4)8-13-26/h5-20H,1-4H3. The van der Waals surface area contributed by atoms with Gasteiger partial charge in [-0.1, -0.05) is 91.7 Å². The van der Waals surface area contributed by atoms with Crippen LogP contribution in [0.5, 0.6) is 5.75 Å². The van der Waals surface area contributed by atoms with E-state index in [0.717, 1.165) is 39.5 Å². The predicted molar refractivity (Wildman–Crippen MR) is 136 cm³/mol. The van der Waals surface area contributed by atoms with E-state index in [-0.39, 0.29) is 0 Å². The van der Waals surface area contributed by atoms with Crippen LogP contribution in [0.15, 0.2) is 78.9 Å². The first-order chi connectivity index (χ1) is 15.9. The molecule has 4 aromatic carbocycles. The largest absolute Gasteiger partial charge is 0.472 e. The number of hydrogen-bond donors (Lipinski definition) is 0. The monoisotopic (exact) mass is 432 g/mol. The van der Waals surface area contributed by atoms with Crippen molar-refractivity contribution in [1.29, 1.82) is 0 Å². The van der Waals surface area contributed by atoms with E-state index in [2.05, 4.69) is 94.4 Å². The number of benzene rings is 4. The number of carbonyl (C=O) groups excluding carboxylic acids is 1. The lowest BCUT2D eigenvalue weighted by atomic mass is 9.81. The molecule has 1 heterocycles. The number of ether oxygens (including phenoxy) is 1. The lowest BCUT2D eigenvalue weighted by Crippen LogP contribution is -2.34. The van der Waals surface area contributed by atoms with Gasteiger partial charge in [-0.15, -0.1) is 0 Å². The van der Waals surface area contributed by atoms with E-state index in [0.29, 0.717) is 11.5 Å². The molecule has 5 rings (SSSR count). The zero-order chi connectivity index (χ0) is 23.2. The minimum Gasteiger partial charge on any atom is -0.472 e. The Morgan fingerprint density at radius 3 is 1.97 bits per heavy atom. The Hall–Kier alpha value is -3.65. The topological polar surface area (TPSA) is 26.3 Å². The van der Waals surface area contributed by atoms with Crippen LogP contribution in [0.4, 0.5) is 0 Å². The summed E-state index contributed by atoms with van der Waals surface area (Å²) in [4.78, 5) is 11.4. The molecule has 1 aliphatic heterocycles. The smallest absolute Gasteiger partial charge is 0.178 e. The maximum atomic E-state index is 11.4. The molecule has 2 nitrogen and oxygen atoms in total. The van der Waals surface area contributed by atoms with E-state index < -0.39 is 5.60 Å². The molecule has 4 aromatic rings. The maximum absolute atomic E-state index is 11.4. The van der Waals surface area contributed by atoms with Crippen LogP contribution in [0.2, 0.25) is 0 Å². The zero-order valence-electron chi connectivity index (χ0n) is 19.6. The van der Waals surface area contributed by atoms with Gasteiger partial charge in [0.05, 0.1) is 0 Å². The molecule has 0 spiro atoms. The van der Waals surface area contributed by atoms with E-state index in [9.17, 15) is 4.79 Å². The third kappa shape index (κ3) is 3.56. The second-order valence-electron chi connectivity index (χ2n) is 9.36. The van der Waals surface area contributed by atoms with Crippen LogP contribution in [0.25, 0.3) is 16.8 Å². The molecule has 0 radical (unpaired) electrons. The van der Waals surface area contributed by atoms with Crippen molar-refractivity contribution in [3.8, 4) is 5.75 Å². The number of aldehydes is 1. The van der Waals surface area contributed by atoms with Crippen molar-refractivity contribution >= 4 is 23.1 Å². The number of aryl methyl sites for hydroxylation is 2. The van der Waals surface area contributed by atoms with Crippen molar-refractivity contribution in [2.75, 3.05) is 0 Å². The summed E-state index contributed by atoms with van der Waals surface area (Å²) < 4.78 is 7.07. The van der Waals surface area contributed by atoms with Crippen molar-refractivity contribution in [1.82, 2.24) is 0 Å². The third-order valence-corrected chi connectivity index (χ3v) is 6.65. The molecule has 0 saturated heterocycles. The van der Waals surface area contributed by atoms with Gasteiger partial charge in [-0.05, 0) is 48.9 Å². The van der Waals surface area contributed by atoms with Gasteiger partial charge in [0, 0.05) is 27.6 Å². The summed E-state index contributed by atoms with van der Waals surface area (Å²) in [5.41, 5.74) is 6.88. The quantitative estimate of drug-likeness (QED) is 0.308. The van der Waals surface area contributed by atoms with Crippen molar-refractivity contribution in [2.45, 2.75) is 39.2 Å². The van der Waals surface area contributed by atoms with Crippen molar-refractivity contribution in [2.24, 2.45) is 0 Å². The summed E-state index contributed by atoms with van der Waals surface area (Å²) in [7, 11) is 0. The normalized spacial score (nSPS) is 14.2. The van der Waals surface area contributed by atoms with Crippen molar-refractivity contribution in [3.63, 3.8) is 0 Å². The maximum Gasteiger partial charge on any atom is 0.178 e. The van der Waals surface area contributed by atoms with Gasteiger partial charge in [0.25, 0.3) is 0 Å². The first kappa shape index (κ1) is 21.2. The first-order valence-corrected chi connectivity index (χ1v) is 11.5. The van der Waals surface area contributed by atoms with Crippen LogP contribution in [0, 0.1) is 13.8 Å². The van der Waals surface area contributed by atoms with Gasteiger partial charge in [-0.25, -0.2) is 0 Å². The average Bonchev–Trinajstić information content (AvgIpc) is 2.83. The van der Waals surface area contributed by atoms with E-state index in [4.69, 9.17) is 4.74 Å². The van der Waals surface area contributed by atoms with Crippen LogP contribution in [0.3, 0.4) is 0 Å². The van der Waals surface area contributed by atoms with Crippen molar-refractivity contribution < 1.29 is 9.53 Å². The average molecular weight is 433 g/mol. The van der Waals surface area contributed by atoms with Crippen molar-refractivity contribution in [3.05, 3.63) is 118 Å². The molecule has 1 aliphatic rings.